The van der Waals surface area contributed by atoms with Crippen LogP contribution in [0.3, 0.4) is 0 Å². The molecule has 0 spiro atoms. The molecule has 1 fully saturated rings. The van der Waals surface area contributed by atoms with Gasteiger partial charge >= 0.3 is 0 Å². The number of benzene rings is 1. The highest BCUT2D eigenvalue weighted by molar-refractivity contribution is 5.89. The molecular formula is C14H17N3. The lowest BCUT2D eigenvalue weighted by Gasteiger charge is -2.23. The van der Waals surface area contributed by atoms with Gasteiger partial charge in [-0.15, -0.1) is 0 Å². The lowest BCUT2D eigenvalue weighted by molar-refractivity contribution is 0.949. The van der Waals surface area contributed by atoms with E-state index in [9.17, 15) is 0 Å². The summed E-state index contributed by atoms with van der Waals surface area (Å²) in [4.78, 5) is 2.40. The molecule has 0 unspecified atom stereocenters. The van der Waals surface area contributed by atoms with Crippen LogP contribution in [-0.4, -0.2) is 19.3 Å². The van der Waals surface area contributed by atoms with E-state index in [1.54, 1.807) is 0 Å². The van der Waals surface area contributed by atoms with Crippen molar-refractivity contribution in [1.29, 1.82) is 5.41 Å². The minimum atomic E-state index is 0.988. The summed E-state index contributed by atoms with van der Waals surface area (Å²) in [5, 5.41) is 10.8. The Balaban J connectivity index is 2.04. The number of hydrogen-bond acceptors (Lipinski definition) is 3. The van der Waals surface area contributed by atoms with Gasteiger partial charge in [0.05, 0.1) is 0 Å². The van der Waals surface area contributed by atoms with Crippen molar-refractivity contribution in [2.45, 2.75) is 19.3 Å². The molecular weight excluding hydrogens is 210 g/mol. The van der Waals surface area contributed by atoms with Crippen LogP contribution in [0, 0.1) is 5.41 Å². The molecule has 0 aromatic heterocycles. The number of anilines is 2. The Hall–Kier alpha value is -1.77. The fourth-order valence-electron chi connectivity index (χ4n) is 2.63. The summed E-state index contributed by atoms with van der Waals surface area (Å²) in [6.07, 6.45) is 9.11. The van der Waals surface area contributed by atoms with Crippen LogP contribution in [0.25, 0.3) is 0 Å². The number of allylic oxidation sites excluding steroid dienone is 1. The molecule has 0 saturated carbocycles. The van der Waals surface area contributed by atoms with E-state index in [0.717, 1.165) is 30.8 Å². The lowest BCUT2D eigenvalue weighted by Crippen LogP contribution is -2.20. The van der Waals surface area contributed by atoms with Gasteiger partial charge in [-0.05, 0) is 43.2 Å². The number of nitrogens with zero attached hydrogens (tertiary/aromatic N) is 1. The standard InChI is InChI=1S/C14H17N3/c15-10-12-8-13-11(4-3-5-16-13)9-14(12)17-6-1-2-7-17/h3,5,8-10,15-16H,1-2,4,6-7H2. The third-order valence-corrected chi connectivity index (χ3v) is 3.55. The monoisotopic (exact) mass is 227 g/mol. The summed E-state index contributed by atoms with van der Waals surface area (Å²) in [6, 6.07) is 4.34. The fraction of sp³-hybridized carbons (Fsp3) is 0.357. The Morgan fingerprint density at radius 2 is 2.06 bits per heavy atom. The zero-order valence-corrected chi connectivity index (χ0v) is 9.87. The first-order valence-corrected chi connectivity index (χ1v) is 6.22. The van der Waals surface area contributed by atoms with Gasteiger partial charge in [0.15, 0.2) is 0 Å². The molecule has 2 heterocycles. The second-order valence-electron chi connectivity index (χ2n) is 4.66. The Morgan fingerprint density at radius 1 is 1.24 bits per heavy atom. The number of rotatable bonds is 2. The highest BCUT2D eigenvalue weighted by Crippen LogP contribution is 2.31. The Morgan fingerprint density at radius 3 is 2.82 bits per heavy atom. The maximum atomic E-state index is 7.57. The van der Waals surface area contributed by atoms with Crippen LogP contribution in [0.15, 0.2) is 24.4 Å². The second kappa shape index (κ2) is 4.24. The number of hydrogen-bond donors (Lipinski definition) is 2. The first-order chi connectivity index (χ1) is 8.38. The van der Waals surface area contributed by atoms with Gasteiger partial charge < -0.3 is 15.6 Å². The Labute approximate surface area is 102 Å². The molecule has 2 aliphatic heterocycles. The van der Waals surface area contributed by atoms with E-state index in [0.29, 0.717) is 0 Å². The fourth-order valence-corrected chi connectivity index (χ4v) is 2.63. The molecule has 0 bridgehead atoms. The molecule has 17 heavy (non-hydrogen) atoms. The van der Waals surface area contributed by atoms with E-state index >= 15 is 0 Å². The smallest absolute Gasteiger partial charge is 0.0459 e. The van der Waals surface area contributed by atoms with E-state index in [1.807, 2.05) is 6.20 Å². The van der Waals surface area contributed by atoms with Gasteiger partial charge in [0.25, 0.3) is 0 Å². The van der Waals surface area contributed by atoms with Crippen molar-refractivity contribution in [3.8, 4) is 0 Å². The van der Waals surface area contributed by atoms with E-state index in [-0.39, 0.29) is 0 Å². The third kappa shape index (κ3) is 1.82. The maximum absolute atomic E-state index is 7.57. The van der Waals surface area contributed by atoms with Crippen molar-refractivity contribution in [1.82, 2.24) is 0 Å². The summed E-state index contributed by atoms with van der Waals surface area (Å²) in [5.41, 5.74) is 4.73. The van der Waals surface area contributed by atoms with Gasteiger partial charge in [-0.3, -0.25) is 0 Å². The van der Waals surface area contributed by atoms with Crippen molar-refractivity contribution in [2.75, 3.05) is 23.3 Å². The Bertz CT molecular complexity index is 471. The predicted octanol–water partition coefficient (Wildman–Crippen LogP) is 2.77. The van der Waals surface area contributed by atoms with E-state index in [4.69, 9.17) is 5.41 Å². The highest BCUT2D eigenvalue weighted by Gasteiger charge is 2.17. The maximum Gasteiger partial charge on any atom is 0.0459 e. The molecule has 0 aliphatic carbocycles. The molecule has 2 aliphatic rings. The topological polar surface area (TPSA) is 39.1 Å². The van der Waals surface area contributed by atoms with Gasteiger partial charge in [0.2, 0.25) is 0 Å². The number of nitrogens with one attached hydrogen (secondary N) is 2. The zero-order chi connectivity index (χ0) is 11.7. The Kier molecular flexibility index (Phi) is 2.59. The van der Waals surface area contributed by atoms with Gasteiger partial charge in [0, 0.05) is 36.2 Å². The van der Waals surface area contributed by atoms with E-state index in [1.165, 1.54) is 30.3 Å². The van der Waals surface area contributed by atoms with Crippen molar-refractivity contribution >= 4 is 17.6 Å². The molecule has 3 rings (SSSR count). The first kappa shape index (κ1) is 10.4. The SMILES string of the molecule is N=Cc1cc2c(cc1N1CCCC1)CC=CN2. The zero-order valence-electron chi connectivity index (χ0n) is 9.87. The van der Waals surface area contributed by atoms with Gasteiger partial charge in [-0.2, -0.15) is 0 Å². The van der Waals surface area contributed by atoms with Crippen molar-refractivity contribution in [3.63, 3.8) is 0 Å². The van der Waals surface area contributed by atoms with Crippen LogP contribution in [-0.2, 0) is 6.42 Å². The van der Waals surface area contributed by atoms with Gasteiger partial charge in [-0.25, -0.2) is 0 Å². The molecule has 1 aromatic carbocycles. The van der Waals surface area contributed by atoms with Crippen molar-refractivity contribution in [2.24, 2.45) is 0 Å². The summed E-state index contributed by atoms with van der Waals surface area (Å²) < 4.78 is 0. The molecule has 3 nitrogen and oxygen atoms in total. The quantitative estimate of drug-likeness (QED) is 0.762. The minimum absolute atomic E-state index is 0.988. The normalized spacial score (nSPS) is 17.8. The van der Waals surface area contributed by atoms with Crippen molar-refractivity contribution < 1.29 is 0 Å². The average Bonchev–Trinajstić information content (AvgIpc) is 2.91. The molecule has 3 heteroatoms. The summed E-state index contributed by atoms with van der Waals surface area (Å²) in [7, 11) is 0. The molecule has 0 radical (unpaired) electrons. The van der Waals surface area contributed by atoms with Crippen LogP contribution in [0.1, 0.15) is 24.0 Å². The second-order valence-corrected chi connectivity index (χ2v) is 4.66. The van der Waals surface area contributed by atoms with E-state index < -0.39 is 0 Å². The molecule has 0 amide bonds. The minimum Gasteiger partial charge on any atom is -0.371 e. The summed E-state index contributed by atoms with van der Waals surface area (Å²) in [5.74, 6) is 0. The van der Waals surface area contributed by atoms with E-state index in [2.05, 4.69) is 28.4 Å². The lowest BCUT2D eigenvalue weighted by atomic mass is 10.0. The molecule has 0 atom stereocenters. The largest absolute Gasteiger partial charge is 0.371 e. The van der Waals surface area contributed by atoms with Crippen LogP contribution in [0.5, 0.6) is 0 Å². The van der Waals surface area contributed by atoms with Crippen LogP contribution < -0.4 is 10.2 Å². The summed E-state index contributed by atoms with van der Waals surface area (Å²) >= 11 is 0. The average molecular weight is 227 g/mol. The van der Waals surface area contributed by atoms with Gasteiger partial charge in [-0.1, -0.05) is 6.08 Å². The van der Waals surface area contributed by atoms with Gasteiger partial charge in [0.1, 0.15) is 0 Å². The molecule has 1 aromatic rings. The highest BCUT2D eigenvalue weighted by atomic mass is 15.1. The van der Waals surface area contributed by atoms with Crippen LogP contribution in [0.2, 0.25) is 0 Å². The molecule has 1 saturated heterocycles. The molecule has 2 N–H and O–H groups in total. The third-order valence-electron chi connectivity index (χ3n) is 3.55. The van der Waals surface area contributed by atoms with Crippen LogP contribution in [0.4, 0.5) is 11.4 Å². The van der Waals surface area contributed by atoms with Crippen LogP contribution >= 0.6 is 0 Å². The number of fused-ring (bicyclic) bond motifs is 1. The van der Waals surface area contributed by atoms with Crippen molar-refractivity contribution in [3.05, 3.63) is 35.5 Å². The summed E-state index contributed by atoms with van der Waals surface area (Å²) in [6.45, 7) is 2.26. The molecule has 88 valence electrons. The first-order valence-electron chi connectivity index (χ1n) is 6.22. The predicted molar refractivity (Wildman–Crippen MR) is 72.2 cm³/mol.